The van der Waals surface area contributed by atoms with E-state index < -0.39 is 78.0 Å². The molecule has 1 aromatic carbocycles. The van der Waals surface area contributed by atoms with Crippen LogP contribution < -0.4 is 16.0 Å². The second-order valence-corrected chi connectivity index (χ2v) is 9.48. The summed E-state index contributed by atoms with van der Waals surface area (Å²) in [7, 11) is 0. The molecule has 0 bridgehead atoms. The first-order chi connectivity index (χ1) is 16.6. The van der Waals surface area contributed by atoms with Crippen molar-refractivity contribution in [1.82, 2.24) is 16.0 Å². The molecule has 1 aliphatic rings. The highest BCUT2D eigenvalue weighted by molar-refractivity contribution is 6.38. The fraction of sp³-hybridized carbons (Fsp3) is 0.625. The minimum atomic E-state index is -5.02. The van der Waals surface area contributed by atoms with E-state index in [9.17, 15) is 40.7 Å². The molecule has 1 aliphatic carbocycles. The van der Waals surface area contributed by atoms with E-state index in [4.69, 9.17) is 0 Å². The van der Waals surface area contributed by atoms with Crippen LogP contribution in [0.3, 0.4) is 0 Å². The van der Waals surface area contributed by atoms with Crippen molar-refractivity contribution in [2.24, 2.45) is 5.92 Å². The summed E-state index contributed by atoms with van der Waals surface area (Å²) >= 11 is 0. The smallest absolute Gasteiger partial charge is 0.347 e. The molecule has 2 rings (SSSR count). The zero-order valence-electron chi connectivity index (χ0n) is 20.2. The Labute approximate surface area is 205 Å². The van der Waals surface area contributed by atoms with Crippen molar-refractivity contribution < 1.29 is 40.7 Å². The SMILES string of the molecule is CC[C@H](NC(=O)[C@H](CC(F)(F)CC(C)C)N[C@@H](c1ccc(F)cc1)C(F)(F)F)C(=O)C(=O)NC1CC1. The van der Waals surface area contributed by atoms with Gasteiger partial charge in [-0.05, 0) is 42.9 Å². The Balaban J connectivity index is 2.30. The van der Waals surface area contributed by atoms with Crippen LogP contribution in [0, 0.1) is 11.7 Å². The second kappa shape index (κ2) is 12.1. The van der Waals surface area contributed by atoms with E-state index in [1.165, 1.54) is 20.8 Å². The zero-order chi connectivity index (χ0) is 27.3. The van der Waals surface area contributed by atoms with E-state index in [0.717, 1.165) is 24.3 Å². The van der Waals surface area contributed by atoms with Crippen molar-refractivity contribution in [3.63, 3.8) is 0 Å². The molecule has 202 valence electrons. The minimum Gasteiger partial charge on any atom is -0.347 e. The third-order valence-corrected chi connectivity index (χ3v) is 5.60. The van der Waals surface area contributed by atoms with E-state index in [2.05, 4.69) is 10.6 Å². The number of halogens is 6. The molecule has 0 aliphatic heterocycles. The molecule has 6 nitrogen and oxygen atoms in total. The van der Waals surface area contributed by atoms with Crippen LogP contribution in [0.2, 0.25) is 0 Å². The summed E-state index contributed by atoms with van der Waals surface area (Å²) in [5.41, 5.74) is -0.485. The molecule has 1 aromatic rings. The van der Waals surface area contributed by atoms with Crippen LogP contribution in [0.4, 0.5) is 26.3 Å². The van der Waals surface area contributed by atoms with E-state index >= 15 is 0 Å². The van der Waals surface area contributed by atoms with Crippen LogP contribution in [-0.4, -0.2) is 47.8 Å². The lowest BCUT2D eigenvalue weighted by Gasteiger charge is -2.31. The van der Waals surface area contributed by atoms with E-state index in [1.54, 1.807) is 0 Å². The monoisotopic (exact) mass is 523 g/mol. The van der Waals surface area contributed by atoms with Crippen molar-refractivity contribution in [1.29, 1.82) is 0 Å². The first kappa shape index (κ1) is 29.6. The maximum atomic E-state index is 14.7. The number of hydrogen-bond acceptors (Lipinski definition) is 4. The number of Topliss-reactive ketones (excluding diaryl/α,β-unsaturated/α-hetero) is 1. The Morgan fingerprint density at radius 1 is 0.972 bits per heavy atom. The third kappa shape index (κ3) is 9.11. The Kier molecular flexibility index (Phi) is 9.93. The van der Waals surface area contributed by atoms with Gasteiger partial charge in [-0.1, -0.05) is 32.9 Å². The molecule has 36 heavy (non-hydrogen) atoms. The first-order valence-electron chi connectivity index (χ1n) is 11.7. The molecule has 3 atom stereocenters. The quantitative estimate of drug-likeness (QED) is 0.267. The number of hydrogen-bond donors (Lipinski definition) is 3. The summed E-state index contributed by atoms with van der Waals surface area (Å²) in [6.45, 7) is 4.45. The van der Waals surface area contributed by atoms with Crippen LogP contribution >= 0.6 is 0 Å². The molecule has 3 N–H and O–H groups in total. The number of alkyl halides is 5. The normalized spacial score (nSPS) is 16.8. The number of amides is 2. The highest BCUT2D eigenvalue weighted by atomic mass is 19.4. The average Bonchev–Trinajstić information content (AvgIpc) is 3.57. The summed E-state index contributed by atoms with van der Waals surface area (Å²) in [6.07, 6.45) is -5.69. The largest absolute Gasteiger partial charge is 0.407 e. The van der Waals surface area contributed by atoms with Gasteiger partial charge in [-0.3, -0.25) is 19.7 Å². The number of ketones is 1. The van der Waals surface area contributed by atoms with Crippen molar-refractivity contribution in [2.75, 3.05) is 0 Å². The number of benzene rings is 1. The van der Waals surface area contributed by atoms with Gasteiger partial charge in [-0.15, -0.1) is 0 Å². The highest BCUT2D eigenvalue weighted by Crippen LogP contribution is 2.35. The molecule has 0 aromatic heterocycles. The van der Waals surface area contributed by atoms with Crippen molar-refractivity contribution in [3.05, 3.63) is 35.6 Å². The number of carbonyl (C=O) groups is 3. The van der Waals surface area contributed by atoms with Crippen LogP contribution in [0.25, 0.3) is 0 Å². The fourth-order valence-corrected chi connectivity index (χ4v) is 3.71. The highest BCUT2D eigenvalue weighted by Gasteiger charge is 2.45. The molecular weight excluding hydrogens is 492 g/mol. The van der Waals surface area contributed by atoms with Gasteiger partial charge in [0.05, 0.1) is 12.1 Å². The molecule has 1 fully saturated rings. The van der Waals surface area contributed by atoms with Crippen molar-refractivity contribution >= 4 is 17.6 Å². The lowest BCUT2D eigenvalue weighted by Crippen LogP contribution is -2.55. The standard InChI is InChI=1S/C24H31F6N3O3/c1-4-17(19(34)22(36)31-16-9-10-16)33-21(35)18(12-23(26,27)11-13(2)3)32-20(24(28,29)30)14-5-7-15(25)8-6-14/h5-8,13,16-18,20,32H,4,9-12H2,1-3H3,(H,31,36)(H,33,35)/t17-,18-,20-/m0/s1. The Hall–Kier alpha value is -2.63. The lowest BCUT2D eigenvalue weighted by molar-refractivity contribution is -0.163. The molecule has 1 saturated carbocycles. The number of carbonyl (C=O) groups excluding carboxylic acids is 3. The van der Waals surface area contributed by atoms with Crippen LogP contribution in [0.1, 0.15) is 64.5 Å². The van der Waals surface area contributed by atoms with Gasteiger partial charge in [0.25, 0.3) is 5.91 Å². The summed E-state index contributed by atoms with van der Waals surface area (Å²) < 4.78 is 84.2. The van der Waals surface area contributed by atoms with Crippen LogP contribution in [0.5, 0.6) is 0 Å². The fourth-order valence-electron chi connectivity index (χ4n) is 3.71. The maximum Gasteiger partial charge on any atom is 0.407 e. The third-order valence-electron chi connectivity index (χ3n) is 5.60. The molecule has 0 saturated heterocycles. The molecular formula is C24H31F6N3O3. The molecule has 0 heterocycles. The van der Waals surface area contributed by atoms with Gasteiger partial charge in [0.15, 0.2) is 0 Å². The topological polar surface area (TPSA) is 87.3 Å². The molecule has 2 amide bonds. The first-order valence-corrected chi connectivity index (χ1v) is 11.7. The summed E-state index contributed by atoms with van der Waals surface area (Å²) in [6, 6.07) is -2.98. The second-order valence-electron chi connectivity index (χ2n) is 9.48. The van der Waals surface area contributed by atoms with Crippen LogP contribution in [0.15, 0.2) is 24.3 Å². The van der Waals surface area contributed by atoms with Crippen molar-refractivity contribution in [3.8, 4) is 0 Å². The number of nitrogens with one attached hydrogen (secondary N) is 3. The van der Waals surface area contributed by atoms with Gasteiger partial charge in [-0.2, -0.15) is 13.2 Å². The van der Waals surface area contributed by atoms with Gasteiger partial charge in [0, 0.05) is 18.9 Å². The van der Waals surface area contributed by atoms with Crippen LogP contribution in [-0.2, 0) is 14.4 Å². The predicted octanol–water partition coefficient (Wildman–Crippen LogP) is 4.20. The average molecular weight is 524 g/mol. The summed E-state index contributed by atoms with van der Waals surface area (Å²) in [5, 5.41) is 6.56. The van der Waals surface area contributed by atoms with Gasteiger partial charge in [0.1, 0.15) is 11.9 Å². The predicted molar refractivity (Wildman–Crippen MR) is 120 cm³/mol. The lowest BCUT2D eigenvalue weighted by atomic mass is 9.96. The summed E-state index contributed by atoms with van der Waals surface area (Å²) in [4.78, 5) is 37.5. The Morgan fingerprint density at radius 2 is 1.56 bits per heavy atom. The maximum absolute atomic E-state index is 14.7. The van der Waals surface area contributed by atoms with E-state index in [0.29, 0.717) is 12.8 Å². The number of rotatable bonds is 13. The Bertz CT molecular complexity index is 917. The zero-order valence-corrected chi connectivity index (χ0v) is 20.2. The van der Waals surface area contributed by atoms with Gasteiger partial charge in [-0.25, -0.2) is 13.2 Å². The minimum absolute atomic E-state index is 0.0849. The Morgan fingerprint density at radius 3 is 2.03 bits per heavy atom. The van der Waals surface area contributed by atoms with Crippen molar-refractivity contribution in [2.45, 2.75) is 89.1 Å². The van der Waals surface area contributed by atoms with E-state index in [-0.39, 0.29) is 12.5 Å². The van der Waals surface area contributed by atoms with Gasteiger partial charge < -0.3 is 10.6 Å². The molecule has 12 heteroatoms. The van der Waals surface area contributed by atoms with E-state index in [1.807, 2.05) is 5.32 Å². The molecule has 0 unspecified atom stereocenters. The summed E-state index contributed by atoms with van der Waals surface area (Å²) in [5.74, 6) is -8.09. The molecule has 0 radical (unpaired) electrons. The molecule has 0 spiro atoms. The van der Waals surface area contributed by atoms with Gasteiger partial charge in [0.2, 0.25) is 17.6 Å². The van der Waals surface area contributed by atoms with Gasteiger partial charge >= 0.3 is 6.18 Å².